The lowest BCUT2D eigenvalue weighted by Gasteiger charge is -2.33. The first kappa shape index (κ1) is 14.5. The molecule has 5 heteroatoms. The van der Waals surface area contributed by atoms with E-state index in [1.54, 1.807) is 24.3 Å². The second kappa shape index (κ2) is 6.05. The maximum atomic E-state index is 12.4. The number of hydrogen-bond acceptors (Lipinski definition) is 3. The quantitative estimate of drug-likeness (QED) is 0.783. The largest absolute Gasteiger partial charge is 0.481 e. The number of piperidine rings is 1. The van der Waals surface area contributed by atoms with Crippen molar-refractivity contribution in [2.24, 2.45) is 0 Å². The predicted octanol–water partition coefficient (Wildman–Crippen LogP) is 1.78. The Labute approximate surface area is 118 Å². The molecule has 1 aromatic rings. The number of amides is 1. The van der Waals surface area contributed by atoms with Crippen LogP contribution >= 0.6 is 0 Å². The monoisotopic (exact) mass is 276 g/mol. The summed E-state index contributed by atoms with van der Waals surface area (Å²) in [5.74, 6) is -1.01. The maximum Gasteiger partial charge on any atom is 0.307 e. The molecule has 1 aliphatic rings. The number of carbonyl (C=O) groups is 2. The van der Waals surface area contributed by atoms with Crippen LogP contribution in [0.15, 0.2) is 24.3 Å². The highest BCUT2D eigenvalue weighted by molar-refractivity contribution is 5.98. The van der Waals surface area contributed by atoms with Crippen LogP contribution in [0.25, 0.3) is 0 Å². The van der Waals surface area contributed by atoms with Crippen molar-refractivity contribution >= 4 is 17.6 Å². The molecule has 1 fully saturated rings. The Balaban J connectivity index is 2.13. The van der Waals surface area contributed by atoms with Crippen molar-refractivity contribution in [2.75, 3.05) is 11.9 Å². The van der Waals surface area contributed by atoms with Crippen molar-refractivity contribution in [1.82, 2.24) is 5.32 Å². The van der Waals surface area contributed by atoms with Gasteiger partial charge in [0.2, 0.25) is 5.91 Å². The molecule has 1 saturated heterocycles. The zero-order chi connectivity index (χ0) is 14.6. The third-order valence-corrected chi connectivity index (χ3v) is 3.73. The number of carboxylic acid groups (broad SMARTS) is 1. The standard InChI is InChI=1S/C15H20N2O3/c1-15(8-4-5-9-16-15)14(20)17-12-7-3-2-6-11(12)10-13(18)19/h2-3,6-7,16H,4-5,8-10H2,1H3,(H,17,20)(H,18,19). The van der Waals surface area contributed by atoms with Crippen molar-refractivity contribution in [3.8, 4) is 0 Å². The number of carboxylic acids is 1. The topological polar surface area (TPSA) is 78.4 Å². The SMILES string of the molecule is CC1(C(=O)Nc2ccccc2CC(=O)O)CCCCN1. The Bertz CT molecular complexity index is 508. The summed E-state index contributed by atoms with van der Waals surface area (Å²) in [4.78, 5) is 23.3. The molecule has 1 unspecified atom stereocenters. The van der Waals surface area contributed by atoms with E-state index in [2.05, 4.69) is 10.6 Å². The average Bonchev–Trinajstić information content (AvgIpc) is 2.41. The average molecular weight is 276 g/mol. The molecular formula is C15H20N2O3. The number of hydrogen-bond donors (Lipinski definition) is 3. The summed E-state index contributed by atoms with van der Waals surface area (Å²) >= 11 is 0. The Morgan fingerprint density at radius 2 is 2.10 bits per heavy atom. The minimum absolute atomic E-state index is 0.0966. The van der Waals surface area contributed by atoms with Crippen LogP contribution < -0.4 is 10.6 Å². The van der Waals surface area contributed by atoms with Gasteiger partial charge in [-0.2, -0.15) is 0 Å². The molecule has 0 saturated carbocycles. The third-order valence-electron chi connectivity index (χ3n) is 3.73. The van der Waals surface area contributed by atoms with Gasteiger partial charge in [0.1, 0.15) is 0 Å². The Kier molecular flexibility index (Phi) is 4.39. The van der Waals surface area contributed by atoms with Crippen molar-refractivity contribution in [1.29, 1.82) is 0 Å². The number of benzene rings is 1. The first-order chi connectivity index (χ1) is 9.51. The van der Waals surface area contributed by atoms with E-state index in [9.17, 15) is 9.59 Å². The van der Waals surface area contributed by atoms with Gasteiger partial charge >= 0.3 is 5.97 Å². The lowest BCUT2D eigenvalue weighted by atomic mass is 9.90. The maximum absolute atomic E-state index is 12.4. The van der Waals surface area contributed by atoms with Gasteiger partial charge in [0.25, 0.3) is 0 Å². The van der Waals surface area contributed by atoms with Gasteiger partial charge in [-0.05, 0) is 44.4 Å². The van der Waals surface area contributed by atoms with Gasteiger partial charge in [0, 0.05) is 5.69 Å². The van der Waals surface area contributed by atoms with Gasteiger partial charge in [-0.3, -0.25) is 9.59 Å². The summed E-state index contributed by atoms with van der Waals surface area (Å²) in [6, 6.07) is 7.02. The first-order valence-electron chi connectivity index (χ1n) is 6.87. The van der Waals surface area contributed by atoms with Crippen molar-refractivity contribution in [3.05, 3.63) is 29.8 Å². The Morgan fingerprint density at radius 1 is 1.35 bits per heavy atom. The van der Waals surface area contributed by atoms with Crippen LogP contribution in [0.5, 0.6) is 0 Å². The second-order valence-corrected chi connectivity index (χ2v) is 5.40. The molecule has 0 spiro atoms. The normalized spacial score (nSPS) is 22.2. The predicted molar refractivity (Wildman–Crippen MR) is 76.7 cm³/mol. The number of carbonyl (C=O) groups excluding carboxylic acids is 1. The number of anilines is 1. The van der Waals surface area contributed by atoms with E-state index in [0.717, 1.165) is 25.8 Å². The molecule has 1 heterocycles. The Morgan fingerprint density at radius 3 is 2.75 bits per heavy atom. The van der Waals surface area contributed by atoms with Crippen molar-refractivity contribution in [3.63, 3.8) is 0 Å². The number of aliphatic carboxylic acids is 1. The fourth-order valence-electron chi connectivity index (χ4n) is 2.47. The molecule has 5 nitrogen and oxygen atoms in total. The summed E-state index contributed by atoms with van der Waals surface area (Å²) in [5, 5.41) is 15.0. The summed E-state index contributed by atoms with van der Waals surface area (Å²) in [7, 11) is 0. The lowest BCUT2D eigenvalue weighted by Crippen LogP contribution is -2.54. The van der Waals surface area contributed by atoms with E-state index in [0.29, 0.717) is 11.3 Å². The molecule has 1 aromatic carbocycles. The number of rotatable bonds is 4. The molecule has 108 valence electrons. The lowest BCUT2D eigenvalue weighted by molar-refractivity contribution is -0.136. The van der Waals surface area contributed by atoms with Crippen LogP contribution in [0.4, 0.5) is 5.69 Å². The van der Waals surface area contributed by atoms with E-state index < -0.39 is 11.5 Å². The van der Waals surface area contributed by atoms with Crippen LogP contribution in [-0.2, 0) is 16.0 Å². The molecule has 2 rings (SSSR count). The number of nitrogens with one attached hydrogen (secondary N) is 2. The minimum atomic E-state index is -0.909. The molecular weight excluding hydrogens is 256 g/mol. The van der Waals surface area contributed by atoms with E-state index in [-0.39, 0.29) is 12.3 Å². The highest BCUT2D eigenvalue weighted by atomic mass is 16.4. The fourth-order valence-corrected chi connectivity index (χ4v) is 2.47. The number of para-hydroxylation sites is 1. The second-order valence-electron chi connectivity index (χ2n) is 5.40. The van der Waals surface area contributed by atoms with Crippen LogP contribution in [0.2, 0.25) is 0 Å². The smallest absolute Gasteiger partial charge is 0.307 e. The van der Waals surface area contributed by atoms with Crippen LogP contribution in [0.1, 0.15) is 31.7 Å². The van der Waals surface area contributed by atoms with Gasteiger partial charge in [0.15, 0.2) is 0 Å². The zero-order valence-corrected chi connectivity index (χ0v) is 11.6. The fraction of sp³-hybridized carbons (Fsp3) is 0.467. The molecule has 1 amide bonds. The van der Waals surface area contributed by atoms with Gasteiger partial charge in [-0.1, -0.05) is 18.2 Å². The van der Waals surface area contributed by atoms with Crippen molar-refractivity contribution < 1.29 is 14.7 Å². The van der Waals surface area contributed by atoms with Crippen LogP contribution in [0, 0.1) is 0 Å². The van der Waals surface area contributed by atoms with Gasteiger partial charge in [-0.15, -0.1) is 0 Å². The van der Waals surface area contributed by atoms with E-state index in [1.807, 2.05) is 6.92 Å². The molecule has 0 bridgehead atoms. The van der Waals surface area contributed by atoms with Crippen LogP contribution in [0.3, 0.4) is 0 Å². The van der Waals surface area contributed by atoms with Gasteiger partial charge in [0.05, 0.1) is 12.0 Å². The van der Waals surface area contributed by atoms with Crippen molar-refractivity contribution in [2.45, 2.75) is 38.1 Å². The highest BCUT2D eigenvalue weighted by Crippen LogP contribution is 2.22. The first-order valence-corrected chi connectivity index (χ1v) is 6.87. The van der Waals surface area contributed by atoms with E-state index in [1.165, 1.54) is 0 Å². The van der Waals surface area contributed by atoms with Crippen LogP contribution in [-0.4, -0.2) is 29.1 Å². The molecule has 3 N–H and O–H groups in total. The van der Waals surface area contributed by atoms with E-state index >= 15 is 0 Å². The zero-order valence-electron chi connectivity index (χ0n) is 11.6. The summed E-state index contributed by atoms with van der Waals surface area (Å²) in [6.07, 6.45) is 2.80. The van der Waals surface area contributed by atoms with Gasteiger partial charge in [-0.25, -0.2) is 0 Å². The van der Waals surface area contributed by atoms with Gasteiger partial charge < -0.3 is 15.7 Å². The molecule has 0 aliphatic carbocycles. The third kappa shape index (κ3) is 3.36. The molecule has 1 aliphatic heterocycles. The molecule has 0 aromatic heterocycles. The summed E-state index contributed by atoms with van der Waals surface area (Å²) in [5.41, 5.74) is 0.621. The summed E-state index contributed by atoms with van der Waals surface area (Å²) in [6.45, 7) is 2.72. The molecule has 0 radical (unpaired) electrons. The minimum Gasteiger partial charge on any atom is -0.481 e. The molecule has 1 atom stereocenters. The highest BCUT2D eigenvalue weighted by Gasteiger charge is 2.34. The summed E-state index contributed by atoms with van der Waals surface area (Å²) < 4.78 is 0. The Hall–Kier alpha value is -1.88. The molecule has 20 heavy (non-hydrogen) atoms. The van der Waals surface area contributed by atoms with E-state index in [4.69, 9.17) is 5.11 Å².